The number of nitrogens with one attached hydrogen (secondary N) is 2. The Morgan fingerprint density at radius 2 is 1.93 bits per heavy atom. The molecule has 1 aromatic heterocycles. The van der Waals surface area contributed by atoms with Gasteiger partial charge in [-0.1, -0.05) is 37.3 Å². The first kappa shape index (κ1) is 19.6. The number of pyridine rings is 1. The van der Waals surface area contributed by atoms with Crippen molar-refractivity contribution in [2.45, 2.75) is 19.1 Å². The number of hydrogen-bond acceptors (Lipinski definition) is 2. The van der Waals surface area contributed by atoms with Gasteiger partial charge in [-0.15, -0.1) is 0 Å². The third kappa shape index (κ3) is 4.58. The second-order valence-corrected chi connectivity index (χ2v) is 6.55. The van der Waals surface area contributed by atoms with E-state index in [-0.39, 0.29) is 23.6 Å². The molecule has 0 aliphatic heterocycles. The zero-order valence-electron chi connectivity index (χ0n) is 15.2. The Morgan fingerprint density at radius 3 is 2.57 bits per heavy atom. The van der Waals surface area contributed by atoms with Crippen LogP contribution < -0.4 is 21.8 Å². The number of alkyl halides is 3. The number of benzene rings is 1. The fourth-order valence-electron chi connectivity index (χ4n) is 2.83. The van der Waals surface area contributed by atoms with E-state index in [0.29, 0.717) is 5.82 Å². The van der Waals surface area contributed by atoms with E-state index in [0.717, 1.165) is 17.2 Å². The molecule has 6 N–H and O–H groups in total. The fraction of sp³-hybridized carbons (Fsp3) is 0.200. The number of aromatic amines is 1. The Kier molecular flexibility index (Phi) is 5.51. The van der Waals surface area contributed by atoms with Crippen LogP contribution in [0.15, 0.2) is 65.8 Å². The molecule has 1 aromatic carbocycles. The molecule has 2 unspecified atom stereocenters. The van der Waals surface area contributed by atoms with Crippen molar-refractivity contribution in [1.29, 1.82) is 0 Å². The number of guanidine groups is 1. The standard InChI is InChI=1S/C20H20F3N5/c1-12-10-13(6-8-16(12)24)14-7-9-18(26-11-14)28-19(25)27-17-5-3-2-4-15(17)20(21,22)23/h2-12,16H,24H2,1H3,(H3,25,26,27,28)/p+1. The maximum Gasteiger partial charge on any atom is 0.418 e. The molecule has 2 atom stereocenters. The molecule has 0 bridgehead atoms. The van der Waals surface area contributed by atoms with Gasteiger partial charge in [-0.25, -0.2) is 4.98 Å². The average molecular weight is 388 g/mol. The summed E-state index contributed by atoms with van der Waals surface area (Å²) in [5, 5.41) is 2.51. The second-order valence-electron chi connectivity index (χ2n) is 6.55. The summed E-state index contributed by atoms with van der Waals surface area (Å²) < 4.78 is 39.2. The molecule has 0 saturated carbocycles. The van der Waals surface area contributed by atoms with Gasteiger partial charge >= 0.3 is 18.0 Å². The molecule has 28 heavy (non-hydrogen) atoms. The van der Waals surface area contributed by atoms with Crippen LogP contribution in [0, 0.1) is 5.92 Å². The van der Waals surface area contributed by atoms with Gasteiger partial charge in [0.05, 0.1) is 17.4 Å². The maximum absolute atomic E-state index is 13.1. The fourth-order valence-corrected chi connectivity index (χ4v) is 2.83. The van der Waals surface area contributed by atoms with Gasteiger partial charge in [-0.2, -0.15) is 13.2 Å². The number of aliphatic imine (C=N–C) groups is 1. The van der Waals surface area contributed by atoms with Gasteiger partial charge in [0, 0.05) is 17.7 Å². The van der Waals surface area contributed by atoms with E-state index >= 15 is 0 Å². The van der Waals surface area contributed by atoms with Gasteiger partial charge < -0.3 is 16.8 Å². The van der Waals surface area contributed by atoms with E-state index < -0.39 is 11.7 Å². The SMILES string of the molecule is CC1C=C(c2ccc(N=C(N)Nc3ccccc3C(F)(F)F)[nH+]c2)C=CC1N. The summed E-state index contributed by atoms with van der Waals surface area (Å²) in [6.45, 7) is 2.04. The van der Waals surface area contributed by atoms with Crippen LogP contribution >= 0.6 is 0 Å². The predicted octanol–water partition coefficient (Wildman–Crippen LogP) is 3.49. The minimum atomic E-state index is -4.49. The van der Waals surface area contributed by atoms with E-state index in [1.54, 1.807) is 12.3 Å². The Hall–Kier alpha value is -3.13. The van der Waals surface area contributed by atoms with Gasteiger partial charge in [-0.3, -0.25) is 0 Å². The Labute approximate surface area is 160 Å². The molecule has 0 amide bonds. The molecule has 0 spiro atoms. The monoisotopic (exact) mass is 388 g/mol. The third-order valence-corrected chi connectivity index (χ3v) is 4.41. The van der Waals surface area contributed by atoms with E-state index in [1.807, 2.05) is 25.1 Å². The van der Waals surface area contributed by atoms with Crippen molar-refractivity contribution in [3.05, 3.63) is 72.0 Å². The van der Waals surface area contributed by atoms with Crippen molar-refractivity contribution in [3.8, 4) is 0 Å². The summed E-state index contributed by atoms with van der Waals surface area (Å²) in [6, 6.07) is 8.64. The van der Waals surface area contributed by atoms with Crippen molar-refractivity contribution in [1.82, 2.24) is 0 Å². The number of rotatable bonds is 3. The van der Waals surface area contributed by atoms with Crippen LogP contribution in [0.3, 0.4) is 0 Å². The van der Waals surface area contributed by atoms with Crippen LogP contribution in [0.25, 0.3) is 5.57 Å². The smallest absolute Gasteiger partial charge is 0.348 e. The first-order valence-electron chi connectivity index (χ1n) is 8.69. The summed E-state index contributed by atoms with van der Waals surface area (Å²) >= 11 is 0. The molecule has 1 aliphatic carbocycles. The van der Waals surface area contributed by atoms with Crippen LogP contribution in [0.2, 0.25) is 0 Å². The van der Waals surface area contributed by atoms with Gasteiger partial charge in [0.2, 0.25) is 0 Å². The third-order valence-electron chi connectivity index (χ3n) is 4.41. The number of aromatic nitrogens is 1. The minimum absolute atomic E-state index is 0.00190. The second kappa shape index (κ2) is 7.85. The largest absolute Gasteiger partial charge is 0.418 e. The number of H-pyrrole nitrogens is 1. The van der Waals surface area contributed by atoms with Crippen LogP contribution in [-0.4, -0.2) is 12.0 Å². The number of hydrogen-bond donors (Lipinski definition) is 3. The number of para-hydroxylation sites is 1. The molecule has 146 valence electrons. The van der Waals surface area contributed by atoms with Crippen LogP contribution in [0.5, 0.6) is 0 Å². The van der Waals surface area contributed by atoms with Gasteiger partial charge in [0.25, 0.3) is 0 Å². The number of nitrogens with two attached hydrogens (primary N) is 2. The minimum Gasteiger partial charge on any atom is -0.348 e. The molecular formula is C20H21F3N5+. The molecule has 0 radical (unpaired) electrons. The van der Waals surface area contributed by atoms with Crippen molar-refractivity contribution in [3.63, 3.8) is 0 Å². The lowest BCUT2D eigenvalue weighted by Gasteiger charge is -2.18. The molecular weight excluding hydrogens is 367 g/mol. The zero-order valence-corrected chi connectivity index (χ0v) is 15.2. The maximum atomic E-state index is 13.1. The lowest BCUT2D eigenvalue weighted by atomic mass is 9.91. The first-order chi connectivity index (χ1) is 13.2. The van der Waals surface area contributed by atoms with Gasteiger partial charge in [0.15, 0.2) is 0 Å². The first-order valence-corrected chi connectivity index (χ1v) is 8.69. The summed E-state index contributed by atoms with van der Waals surface area (Å²) in [7, 11) is 0. The summed E-state index contributed by atoms with van der Waals surface area (Å²) in [4.78, 5) is 7.08. The number of anilines is 1. The molecule has 3 rings (SSSR count). The lowest BCUT2D eigenvalue weighted by Crippen LogP contribution is -2.26. The van der Waals surface area contributed by atoms with E-state index in [2.05, 4.69) is 21.4 Å². The summed E-state index contributed by atoms with van der Waals surface area (Å²) in [5.74, 6) is 0.478. The topological polar surface area (TPSA) is 90.6 Å². The highest BCUT2D eigenvalue weighted by atomic mass is 19.4. The summed E-state index contributed by atoms with van der Waals surface area (Å²) in [5.41, 5.74) is 12.7. The molecule has 0 saturated heterocycles. The zero-order chi connectivity index (χ0) is 20.3. The molecule has 8 heteroatoms. The molecule has 0 fully saturated rings. The van der Waals surface area contributed by atoms with E-state index in [4.69, 9.17) is 11.5 Å². The molecule has 5 nitrogen and oxygen atoms in total. The van der Waals surface area contributed by atoms with E-state index in [9.17, 15) is 13.2 Å². The Balaban J connectivity index is 1.76. The quantitative estimate of drug-likeness (QED) is 0.555. The van der Waals surface area contributed by atoms with Crippen molar-refractivity contribution in [2.24, 2.45) is 22.4 Å². The Morgan fingerprint density at radius 1 is 1.18 bits per heavy atom. The number of allylic oxidation sites excluding steroid dienone is 2. The van der Waals surface area contributed by atoms with Crippen LogP contribution in [0.4, 0.5) is 24.7 Å². The van der Waals surface area contributed by atoms with Crippen molar-refractivity contribution >= 4 is 23.0 Å². The van der Waals surface area contributed by atoms with Crippen molar-refractivity contribution < 1.29 is 18.2 Å². The lowest BCUT2D eigenvalue weighted by molar-refractivity contribution is -0.362. The van der Waals surface area contributed by atoms with Crippen LogP contribution in [0.1, 0.15) is 18.1 Å². The normalized spacial score (nSPS) is 20.0. The highest BCUT2D eigenvalue weighted by molar-refractivity contribution is 5.94. The number of halogens is 3. The number of nitrogens with zero attached hydrogens (tertiary/aromatic N) is 1. The van der Waals surface area contributed by atoms with Gasteiger partial charge in [0.1, 0.15) is 0 Å². The highest BCUT2D eigenvalue weighted by Gasteiger charge is 2.33. The van der Waals surface area contributed by atoms with E-state index in [1.165, 1.54) is 18.2 Å². The highest BCUT2D eigenvalue weighted by Crippen LogP contribution is 2.34. The van der Waals surface area contributed by atoms with Crippen molar-refractivity contribution in [2.75, 3.05) is 5.32 Å². The summed E-state index contributed by atoms with van der Waals surface area (Å²) in [6.07, 6.45) is 3.27. The molecule has 1 aliphatic rings. The Bertz CT molecular complexity index is 930. The van der Waals surface area contributed by atoms with Crippen LogP contribution in [-0.2, 0) is 6.18 Å². The average Bonchev–Trinajstić information content (AvgIpc) is 2.64. The molecule has 1 heterocycles. The predicted molar refractivity (Wildman–Crippen MR) is 104 cm³/mol. The van der Waals surface area contributed by atoms with Gasteiger partial charge in [-0.05, 0) is 34.7 Å². The molecule has 2 aromatic rings.